The Kier molecular flexibility index (Phi) is 4.94. The molecule has 0 aliphatic carbocycles. The van der Waals surface area contributed by atoms with E-state index in [1.165, 1.54) is 4.88 Å². The van der Waals surface area contributed by atoms with Gasteiger partial charge in [0.2, 0.25) is 0 Å². The zero-order valence-electron chi connectivity index (χ0n) is 9.23. The first kappa shape index (κ1) is 14.6. The van der Waals surface area contributed by atoms with Gasteiger partial charge in [0.1, 0.15) is 5.15 Å². The van der Waals surface area contributed by atoms with Crippen molar-refractivity contribution in [1.29, 1.82) is 0 Å². The molecule has 0 aromatic carbocycles. The van der Waals surface area contributed by atoms with Crippen LogP contribution in [0.15, 0.2) is 20.4 Å². The zero-order valence-corrected chi connectivity index (χ0v) is 14.7. The molecule has 2 aromatic heterocycles. The fourth-order valence-corrected chi connectivity index (χ4v) is 4.18. The molecule has 0 amide bonds. The number of nitrogens with one attached hydrogen (secondary N) is 1. The normalized spacial score (nSPS) is 10.7. The summed E-state index contributed by atoms with van der Waals surface area (Å²) >= 11 is 20.5. The Balaban J connectivity index is 2.15. The lowest BCUT2D eigenvalue weighted by Gasteiger charge is -2.10. The first-order valence-corrected chi connectivity index (χ1v) is 8.13. The number of halogens is 4. The molecule has 0 bridgehead atoms. The van der Waals surface area contributed by atoms with Crippen LogP contribution in [0.1, 0.15) is 10.4 Å². The van der Waals surface area contributed by atoms with Crippen LogP contribution in [0.2, 0.25) is 10.3 Å². The van der Waals surface area contributed by atoms with E-state index in [0.29, 0.717) is 16.9 Å². The van der Waals surface area contributed by atoms with Crippen molar-refractivity contribution in [1.82, 2.24) is 4.98 Å². The summed E-state index contributed by atoms with van der Waals surface area (Å²) in [6.07, 6.45) is 0. The molecule has 0 aliphatic rings. The third kappa shape index (κ3) is 3.39. The second-order valence-corrected chi connectivity index (χ2v) is 7.67. The average molecular weight is 431 g/mol. The van der Waals surface area contributed by atoms with Gasteiger partial charge in [0, 0.05) is 15.9 Å². The molecule has 2 heterocycles. The Labute approximate surface area is 136 Å². The lowest BCUT2D eigenvalue weighted by molar-refractivity contribution is 1.15. The van der Waals surface area contributed by atoms with E-state index in [1.54, 1.807) is 17.4 Å². The highest BCUT2D eigenvalue weighted by Crippen LogP contribution is 2.33. The molecule has 96 valence electrons. The highest BCUT2D eigenvalue weighted by molar-refractivity contribution is 9.13. The maximum Gasteiger partial charge on any atom is 0.154 e. The standard InChI is InChI=1S/C11H8Br2Cl2N2S/c1-5-2-8(14)17-11(15)9(5)16-4-6-3-7(12)10(13)18-6/h2-3,16H,4H2,1H3. The maximum atomic E-state index is 6.06. The highest BCUT2D eigenvalue weighted by atomic mass is 79.9. The lowest BCUT2D eigenvalue weighted by atomic mass is 10.2. The molecule has 0 radical (unpaired) electrons. The van der Waals surface area contributed by atoms with Crippen molar-refractivity contribution in [3.63, 3.8) is 0 Å². The molecule has 0 unspecified atom stereocenters. The summed E-state index contributed by atoms with van der Waals surface area (Å²) in [4.78, 5) is 5.22. The fraction of sp³-hybridized carbons (Fsp3) is 0.182. The van der Waals surface area contributed by atoms with E-state index >= 15 is 0 Å². The van der Waals surface area contributed by atoms with Crippen LogP contribution >= 0.6 is 66.4 Å². The van der Waals surface area contributed by atoms with Crippen LogP contribution < -0.4 is 5.32 Å². The molecular weight excluding hydrogens is 423 g/mol. The van der Waals surface area contributed by atoms with E-state index in [-0.39, 0.29) is 0 Å². The topological polar surface area (TPSA) is 24.9 Å². The van der Waals surface area contributed by atoms with Crippen molar-refractivity contribution in [2.24, 2.45) is 0 Å². The van der Waals surface area contributed by atoms with Crippen LogP contribution in [0.4, 0.5) is 5.69 Å². The van der Waals surface area contributed by atoms with Crippen molar-refractivity contribution < 1.29 is 0 Å². The Morgan fingerprint density at radius 1 is 1.33 bits per heavy atom. The monoisotopic (exact) mass is 428 g/mol. The molecule has 0 aliphatic heterocycles. The van der Waals surface area contributed by atoms with Gasteiger partial charge in [0.05, 0.1) is 9.47 Å². The smallest absolute Gasteiger partial charge is 0.154 e. The number of thiophene rings is 1. The van der Waals surface area contributed by atoms with E-state index in [0.717, 1.165) is 19.5 Å². The third-order valence-electron chi connectivity index (χ3n) is 2.28. The van der Waals surface area contributed by atoms with Crippen molar-refractivity contribution >= 4 is 72.1 Å². The van der Waals surface area contributed by atoms with Crippen LogP contribution in [-0.4, -0.2) is 4.98 Å². The quantitative estimate of drug-likeness (QED) is 0.613. The number of anilines is 1. The minimum Gasteiger partial charge on any atom is -0.377 e. The van der Waals surface area contributed by atoms with Gasteiger partial charge in [-0.05, 0) is 56.5 Å². The summed E-state index contributed by atoms with van der Waals surface area (Å²) < 4.78 is 2.14. The van der Waals surface area contributed by atoms with Gasteiger partial charge < -0.3 is 5.32 Å². The second-order valence-electron chi connectivity index (χ2n) is 3.62. The van der Waals surface area contributed by atoms with Gasteiger partial charge in [-0.3, -0.25) is 0 Å². The third-order valence-corrected chi connectivity index (χ3v) is 6.00. The Morgan fingerprint density at radius 2 is 2.06 bits per heavy atom. The number of aromatic nitrogens is 1. The molecule has 2 aromatic rings. The molecule has 18 heavy (non-hydrogen) atoms. The molecule has 0 spiro atoms. The van der Waals surface area contributed by atoms with Crippen molar-refractivity contribution in [2.75, 3.05) is 5.32 Å². The van der Waals surface area contributed by atoms with E-state index in [1.807, 2.05) is 6.92 Å². The minimum absolute atomic E-state index is 0.398. The molecule has 7 heteroatoms. The van der Waals surface area contributed by atoms with Crippen LogP contribution in [0.3, 0.4) is 0 Å². The van der Waals surface area contributed by atoms with E-state index in [9.17, 15) is 0 Å². The second kappa shape index (κ2) is 6.09. The van der Waals surface area contributed by atoms with E-state index in [2.05, 4.69) is 48.2 Å². The number of hydrogen-bond donors (Lipinski definition) is 1. The Bertz CT molecular complexity index is 544. The summed E-state index contributed by atoms with van der Waals surface area (Å²) in [6, 6.07) is 3.85. The van der Waals surface area contributed by atoms with E-state index < -0.39 is 0 Å². The Morgan fingerprint density at radius 3 is 2.61 bits per heavy atom. The van der Waals surface area contributed by atoms with Gasteiger partial charge in [-0.2, -0.15) is 0 Å². The SMILES string of the molecule is Cc1cc(Cl)nc(Cl)c1NCc1cc(Br)c(Br)s1. The summed E-state index contributed by atoms with van der Waals surface area (Å²) in [6.45, 7) is 2.64. The minimum atomic E-state index is 0.398. The van der Waals surface area contributed by atoms with Crippen molar-refractivity contribution in [3.05, 3.63) is 41.1 Å². The van der Waals surface area contributed by atoms with Gasteiger partial charge in [-0.15, -0.1) is 11.3 Å². The summed E-state index contributed by atoms with van der Waals surface area (Å²) in [5, 5.41) is 4.09. The Hall–Kier alpha value is 0.190. The van der Waals surface area contributed by atoms with Crippen LogP contribution in [0.25, 0.3) is 0 Å². The summed E-state index contributed by atoms with van der Waals surface area (Å²) in [7, 11) is 0. The van der Waals surface area contributed by atoms with E-state index in [4.69, 9.17) is 23.2 Å². The van der Waals surface area contributed by atoms with Crippen molar-refractivity contribution in [2.45, 2.75) is 13.5 Å². The van der Waals surface area contributed by atoms with Crippen LogP contribution in [0.5, 0.6) is 0 Å². The molecule has 1 N–H and O–H groups in total. The molecular formula is C11H8Br2Cl2N2S. The van der Waals surface area contributed by atoms with Crippen LogP contribution in [0, 0.1) is 6.92 Å². The molecule has 0 saturated heterocycles. The number of pyridine rings is 1. The number of rotatable bonds is 3. The lowest BCUT2D eigenvalue weighted by Crippen LogP contribution is -2.01. The summed E-state index contributed by atoms with van der Waals surface area (Å²) in [5.41, 5.74) is 1.80. The highest BCUT2D eigenvalue weighted by Gasteiger charge is 2.09. The average Bonchev–Trinajstić information content (AvgIpc) is 2.56. The first-order chi connectivity index (χ1) is 8.47. The molecule has 0 saturated carbocycles. The fourth-order valence-electron chi connectivity index (χ4n) is 1.46. The van der Waals surface area contributed by atoms with Gasteiger partial charge in [0.25, 0.3) is 0 Å². The van der Waals surface area contributed by atoms with Gasteiger partial charge in [-0.1, -0.05) is 23.2 Å². The zero-order chi connectivity index (χ0) is 13.3. The number of hydrogen-bond acceptors (Lipinski definition) is 3. The van der Waals surface area contributed by atoms with Crippen molar-refractivity contribution in [3.8, 4) is 0 Å². The number of nitrogens with zero attached hydrogens (tertiary/aromatic N) is 1. The predicted octanol–water partition coefficient (Wildman–Crippen LogP) is 5.90. The molecule has 0 fully saturated rings. The predicted molar refractivity (Wildman–Crippen MR) is 86.0 cm³/mol. The van der Waals surface area contributed by atoms with Gasteiger partial charge >= 0.3 is 0 Å². The molecule has 0 atom stereocenters. The first-order valence-electron chi connectivity index (χ1n) is 4.97. The maximum absolute atomic E-state index is 6.06. The summed E-state index contributed by atoms with van der Waals surface area (Å²) in [5.74, 6) is 0. The van der Waals surface area contributed by atoms with Gasteiger partial charge in [0.15, 0.2) is 5.15 Å². The largest absolute Gasteiger partial charge is 0.377 e. The molecule has 2 rings (SSSR count). The van der Waals surface area contributed by atoms with Gasteiger partial charge in [-0.25, -0.2) is 4.98 Å². The number of aryl methyl sites for hydroxylation is 1. The van der Waals surface area contributed by atoms with Crippen LogP contribution in [-0.2, 0) is 6.54 Å². The molecule has 2 nitrogen and oxygen atoms in total.